The van der Waals surface area contributed by atoms with Crippen LogP contribution in [0.3, 0.4) is 0 Å². The Morgan fingerprint density at radius 3 is 2.89 bits per heavy atom. The highest BCUT2D eigenvalue weighted by atomic mass is 32.1. The van der Waals surface area contributed by atoms with E-state index in [1.165, 1.54) is 10.4 Å². The first kappa shape index (κ1) is 14.0. The van der Waals surface area contributed by atoms with Gasteiger partial charge in [-0.25, -0.2) is 4.98 Å². The third-order valence-corrected chi connectivity index (χ3v) is 3.89. The van der Waals surface area contributed by atoms with Gasteiger partial charge in [-0.15, -0.1) is 11.3 Å². The Morgan fingerprint density at radius 1 is 1.37 bits per heavy atom. The molecule has 0 saturated carbocycles. The number of rotatable bonds is 6. The number of hydrogen-bond acceptors (Lipinski definition) is 4. The minimum absolute atomic E-state index is 0.674. The van der Waals surface area contributed by atoms with Crippen molar-refractivity contribution in [3.8, 4) is 5.88 Å². The van der Waals surface area contributed by atoms with Crippen LogP contribution in [0.5, 0.6) is 5.88 Å². The molecule has 0 spiro atoms. The smallest absolute Gasteiger partial charge is 0.218 e. The van der Waals surface area contributed by atoms with Crippen molar-refractivity contribution in [2.45, 2.75) is 26.8 Å². The molecule has 0 unspecified atom stereocenters. The largest absolute Gasteiger partial charge is 0.477 e. The van der Waals surface area contributed by atoms with E-state index >= 15 is 0 Å². The van der Waals surface area contributed by atoms with Crippen molar-refractivity contribution in [3.63, 3.8) is 0 Å². The Hall–Kier alpha value is -1.39. The number of aryl methyl sites for hydroxylation is 2. The number of pyridine rings is 1. The van der Waals surface area contributed by atoms with E-state index in [0.717, 1.165) is 30.1 Å². The van der Waals surface area contributed by atoms with E-state index in [1.54, 1.807) is 11.3 Å². The molecule has 2 aromatic rings. The normalized spacial score (nSPS) is 10.7. The number of nitrogens with zero attached hydrogens (tertiary/aromatic N) is 1. The Labute approximate surface area is 118 Å². The van der Waals surface area contributed by atoms with Gasteiger partial charge < -0.3 is 10.1 Å². The van der Waals surface area contributed by atoms with Gasteiger partial charge >= 0.3 is 0 Å². The van der Waals surface area contributed by atoms with E-state index in [4.69, 9.17) is 4.74 Å². The number of aromatic nitrogens is 1. The molecule has 1 N–H and O–H groups in total. The molecule has 3 nitrogen and oxygen atoms in total. The van der Waals surface area contributed by atoms with Crippen LogP contribution in [0.15, 0.2) is 23.6 Å². The molecular formula is C15H20N2OS. The fourth-order valence-electron chi connectivity index (χ4n) is 2.04. The van der Waals surface area contributed by atoms with Crippen LogP contribution in [0.25, 0.3) is 0 Å². The minimum Gasteiger partial charge on any atom is -0.477 e. The highest BCUT2D eigenvalue weighted by Crippen LogP contribution is 2.21. The van der Waals surface area contributed by atoms with Crippen LogP contribution in [0.1, 0.15) is 21.7 Å². The molecule has 4 heteroatoms. The molecule has 2 heterocycles. The van der Waals surface area contributed by atoms with Crippen molar-refractivity contribution in [3.05, 3.63) is 45.3 Å². The van der Waals surface area contributed by atoms with Crippen molar-refractivity contribution >= 4 is 11.3 Å². The fraction of sp³-hybridized carbons (Fsp3) is 0.400. The summed E-state index contributed by atoms with van der Waals surface area (Å²) in [5.74, 6) is 0.767. The maximum absolute atomic E-state index is 5.88. The van der Waals surface area contributed by atoms with E-state index in [2.05, 4.69) is 40.8 Å². The monoisotopic (exact) mass is 276 g/mol. The van der Waals surface area contributed by atoms with Gasteiger partial charge in [-0.1, -0.05) is 6.07 Å². The Kier molecular flexibility index (Phi) is 4.93. The Balaban J connectivity index is 2.05. The second-order valence-corrected chi connectivity index (χ2v) is 5.60. The summed E-state index contributed by atoms with van der Waals surface area (Å²) in [6, 6.07) is 6.30. The van der Waals surface area contributed by atoms with E-state index in [9.17, 15) is 0 Å². The van der Waals surface area contributed by atoms with Gasteiger partial charge in [-0.2, -0.15) is 0 Å². The lowest BCUT2D eigenvalue weighted by Gasteiger charge is -2.13. The zero-order valence-corrected chi connectivity index (χ0v) is 12.5. The average molecular weight is 276 g/mol. The number of hydrogen-bond donors (Lipinski definition) is 1. The molecule has 19 heavy (non-hydrogen) atoms. The Bertz CT molecular complexity index is 523. The summed E-state index contributed by atoms with van der Waals surface area (Å²) in [6.45, 7) is 5.57. The summed E-state index contributed by atoms with van der Waals surface area (Å²) in [5.41, 5.74) is 3.38. The van der Waals surface area contributed by atoms with Crippen molar-refractivity contribution in [2.24, 2.45) is 0 Å². The second-order valence-electron chi connectivity index (χ2n) is 4.57. The van der Waals surface area contributed by atoms with Gasteiger partial charge in [0, 0.05) is 29.1 Å². The van der Waals surface area contributed by atoms with Crippen LogP contribution in [0.2, 0.25) is 0 Å². The molecule has 0 radical (unpaired) electrons. The first-order chi connectivity index (χ1) is 9.20. The summed E-state index contributed by atoms with van der Waals surface area (Å²) >= 11 is 1.77. The van der Waals surface area contributed by atoms with E-state index < -0.39 is 0 Å². The molecule has 0 bridgehead atoms. The first-order valence-electron chi connectivity index (χ1n) is 6.47. The van der Waals surface area contributed by atoms with Gasteiger partial charge in [0.2, 0.25) is 5.88 Å². The van der Waals surface area contributed by atoms with Crippen LogP contribution >= 0.6 is 11.3 Å². The number of thiophene rings is 1. The van der Waals surface area contributed by atoms with Gasteiger partial charge in [-0.05, 0) is 44.0 Å². The first-order valence-corrected chi connectivity index (χ1v) is 7.35. The van der Waals surface area contributed by atoms with E-state index in [-0.39, 0.29) is 0 Å². The highest BCUT2D eigenvalue weighted by molar-refractivity contribution is 7.09. The number of nitrogens with one attached hydrogen (secondary N) is 1. The zero-order chi connectivity index (χ0) is 13.7. The molecule has 0 fully saturated rings. The molecular weight excluding hydrogens is 256 g/mol. The summed E-state index contributed by atoms with van der Waals surface area (Å²) in [6.07, 6.45) is 0.936. The quantitative estimate of drug-likeness (QED) is 0.880. The molecule has 2 rings (SSSR count). The molecule has 0 saturated heterocycles. The lowest BCUT2D eigenvalue weighted by Crippen LogP contribution is -2.12. The standard InChI is InChI=1S/C15H20N2OS/c1-11-9-12(2)17-15(14(11)10-16-3)18-7-6-13-5-4-8-19-13/h4-5,8-9,16H,6-7,10H2,1-3H3. The summed E-state index contributed by atoms with van der Waals surface area (Å²) in [4.78, 5) is 5.86. The minimum atomic E-state index is 0.674. The van der Waals surface area contributed by atoms with Crippen molar-refractivity contribution < 1.29 is 4.74 Å². The molecule has 0 aliphatic carbocycles. The van der Waals surface area contributed by atoms with Gasteiger partial charge in [0.15, 0.2) is 0 Å². The zero-order valence-electron chi connectivity index (χ0n) is 11.7. The molecule has 0 aliphatic heterocycles. The molecule has 0 amide bonds. The maximum Gasteiger partial charge on any atom is 0.218 e. The lowest BCUT2D eigenvalue weighted by atomic mass is 10.1. The Morgan fingerprint density at radius 2 is 2.21 bits per heavy atom. The third kappa shape index (κ3) is 3.78. The molecule has 0 aromatic carbocycles. The van der Waals surface area contributed by atoms with Crippen LogP contribution in [0.4, 0.5) is 0 Å². The van der Waals surface area contributed by atoms with Gasteiger partial charge in [0.1, 0.15) is 0 Å². The predicted octanol–water partition coefficient (Wildman–Crippen LogP) is 3.10. The molecule has 2 aromatic heterocycles. The average Bonchev–Trinajstić information content (AvgIpc) is 2.86. The summed E-state index contributed by atoms with van der Waals surface area (Å²) < 4.78 is 5.88. The van der Waals surface area contributed by atoms with E-state index in [0.29, 0.717) is 6.61 Å². The van der Waals surface area contributed by atoms with Crippen LogP contribution in [-0.4, -0.2) is 18.6 Å². The fourth-order valence-corrected chi connectivity index (χ4v) is 2.73. The van der Waals surface area contributed by atoms with Crippen molar-refractivity contribution in [1.29, 1.82) is 0 Å². The predicted molar refractivity (Wildman–Crippen MR) is 80.0 cm³/mol. The summed E-state index contributed by atoms with van der Waals surface area (Å²) in [7, 11) is 1.94. The third-order valence-electron chi connectivity index (χ3n) is 2.96. The maximum atomic E-state index is 5.88. The lowest BCUT2D eigenvalue weighted by molar-refractivity contribution is 0.305. The van der Waals surface area contributed by atoms with Gasteiger partial charge in [0.05, 0.1) is 6.61 Å². The topological polar surface area (TPSA) is 34.2 Å². The van der Waals surface area contributed by atoms with Crippen LogP contribution < -0.4 is 10.1 Å². The van der Waals surface area contributed by atoms with Gasteiger partial charge in [0.25, 0.3) is 0 Å². The summed E-state index contributed by atoms with van der Waals surface area (Å²) in [5, 5.41) is 5.26. The molecule has 0 atom stereocenters. The van der Waals surface area contributed by atoms with Crippen LogP contribution in [-0.2, 0) is 13.0 Å². The number of ether oxygens (including phenoxy) is 1. The molecule has 102 valence electrons. The van der Waals surface area contributed by atoms with Crippen molar-refractivity contribution in [2.75, 3.05) is 13.7 Å². The van der Waals surface area contributed by atoms with Crippen molar-refractivity contribution in [1.82, 2.24) is 10.3 Å². The SMILES string of the molecule is CNCc1c(C)cc(C)nc1OCCc1cccs1. The highest BCUT2D eigenvalue weighted by Gasteiger charge is 2.09. The van der Waals surface area contributed by atoms with E-state index in [1.807, 2.05) is 14.0 Å². The van der Waals surface area contributed by atoms with Gasteiger partial charge in [-0.3, -0.25) is 0 Å². The molecule has 0 aliphatic rings. The van der Waals surface area contributed by atoms with Crippen LogP contribution in [0, 0.1) is 13.8 Å². The second kappa shape index (κ2) is 6.68.